The van der Waals surface area contributed by atoms with E-state index in [1.807, 2.05) is 20.9 Å². The first-order chi connectivity index (χ1) is 7.97. The lowest BCUT2D eigenvalue weighted by Crippen LogP contribution is -2.49. The van der Waals surface area contributed by atoms with E-state index < -0.39 is 5.97 Å². The van der Waals surface area contributed by atoms with Crippen LogP contribution in [0.4, 0.5) is 0 Å². The Hall–Kier alpha value is -0.610. The highest BCUT2D eigenvalue weighted by Gasteiger charge is 2.36. The summed E-state index contributed by atoms with van der Waals surface area (Å²) in [5.41, 5.74) is 0. The summed E-state index contributed by atoms with van der Waals surface area (Å²) in [4.78, 5) is 13.7. The highest BCUT2D eigenvalue weighted by atomic mass is 16.4. The first-order valence-electron chi connectivity index (χ1n) is 6.56. The molecule has 1 heterocycles. The number of rotatable bonds is 5. The Morgan fingerprint density at radius 1 is 1.35 bits per heavy atom. The van der Waals surface area contributed by atoms with Gasteiger partial charge in [-0.05, 0) is 51.9 Å². The van der Waals surface area contributed by atoms with E-state index in [0.29, 0.717) is 5.92 Å². The third kappa shape index (κ3) is 3.68. The Morgan fingerprint density at radius 2 is 1.88 bits per heavy atom. The molecule has 17 heavy (non-hydrogen) atoms. The molecule has 2 unspecified atom stereocenters. The predicted molar refractivity (Wildman–Crippen MR) is 69.0 cm³/mol. The lowest BCUT2D eigenvalue weighted by molar-refractivity contribution is -0.145. The monoisotopic (exact) mass is 242 g/mol. The number of carboxylic acids is 1. The van der Waals surface area contributed by atoms with Crippen LogP contribution in [0.25, 0.3) is 0 Å². The molecule has 0 aromatic carbocycles. The molecule has 0 saturated carbocycles. The van der Waals surface area contributed by atoms with Gasteiger partial charge in [-0.25, -0.2) is 0 Å². The van der Waals surface area contributed by atoms with Crippen LogP contribution < -0.4 is 5.32 Å². The number of likely N-dealkylation sites (tertiary alicyclic amines) is 1. The zero-order valence-electron chi connectivity index (χ0n) is 11.4. The first-order valence-corrected chi connectivity index (χ1v) is 6.56. The number of hydrogen-bond acceptors (Lipinski definition) is 3. The van der Waals surface area contributed by atoms with Crippen molar-refractivity contribution in [2.24, 2.45) is 17.8 Å². The van der Waals surface area contributed by atoms with Crippen LogP contribution in [0, 0.1) is 17.8 Å². The van der Waals surface area contributed by atoms with E-state index in [1.165, 1.54) is 0 Å². The van der Waals surface area contributed by atoms with Crippen LogP contribution >= 0.6 is 0 Å². The molecule has 1 fully saturated rings. The van der Waals surface area contributed by atoms with E-state index >= 15 is 0 Å². The fourth-order valence-corrected chi connectivity index (χ4v) is 2.95. The molecule has 4 heteroatoms. The third-order valence-electron chi connectivity index (χ3n) is 3.99. The summed E-state index contributed by atoms with van der Waals surface area (Å²) in [5.74, 6) is -0.295. The van der Waals surface area contributed by atoms with Crippen molar-refractivity contribution in [1.82, 2.24) is 10.2 Å². The standard InChI is InChI=1S/C13H26N2O2/c1-9(2)11(13(16)17)12(14-3)10-5-7-15(4)8-6-10/h9-12,14H,5-8H2,1-4H3,(H,16,17). The average Bonchev–Trinajstić information content (AvgIpc) is 2.26. The maximum absolute atomic E-state index is 11.4. The molecule has 100 valence electrons. The number of piperidine rings is 1. The Labute approximate surface area is 104 Å². The molecule has 2 N–H and O–H groups in total. The Kier molecular flexibility index (Phi) is 5.40. The van der Waals surface area contributed by atoms with Gasteiger partial charge in [0.1, 0.15) is 0 Å². The van der Waals surface area contributed by atoms with Crippen LogP contribution in [0.15, 0.2) is 0 Å². The molecule has 1 aliphatic rings. The van der Waals surface area contributed by atoms with Crippen molar-refractivity contribution in [3.05, 3.63) is 0 Å². The molecule has 0 spiro atoms. The zero-order chi connectivity index (χ0) is 13.0. The Morgan fingerprint density at radius 3 is 2.24 bits per heavy atom. The fraction of sp³-hybridized carbons (Fsp3) is 0.923. The topological polar surface area (TPSA) is 52.6 Å². The number of nitrogens with one attached hydrogen (secondary N) is 1. The molecule has 0 amide bonds. The highest BCUT2D eigenvalue weighted by molar-refractivity contribution is 5.71. The second kappa shape index (κ2) is 6.36. The summed E-state index contributed by atoms with van der Waals surface area (Å²) in [7, 11) is 4.02. The van der Waals surface area contributed by atoms with Gasteiger partial charge in [0, 0.05) is 6.04 Å². The third-order valence-corrected chi connectivity index (χ3v) is 3.99. The second-order valence-electron chi connectivity index (χ2n) is 5.56. The molecule has 4 nitrogen and oxygen atoms in total. The molecule has 0 aromatic rings. The van der Waals surface area contributed by atoms with Gasteiger partial charge in [0.2, 0.25) is 0 Å². The average molecular weight is 242 g/mol. The number of carbonyl (C=O) groups is 1. The largest absolute Gasteiger partial charge is 0.481 e. The number of hydrogen-bond donors (Lipinski definition) is 2. The maximum atomic E-state index is 11.4. The summed E-state index contributed by atoms with van der Waals surface area (Å²) in [5, 5.41) is 12.6. The van der Waals surface area contributed by atoms with Crippen molar-refractivity contribution in [3.63, 3.8) is 0 Å². The number of carboxylic acid groups (broad SMARTS) is 1. The van der Waals surface area contributed by atoms with Gasteiger partial charge in [-0.15, -0.1) is 0 Å². The smallest absolute Gasteiger partial charge is 0.308 e. The van der Waals surface area contributed by atoms with Crippen LogP contribution in [-0.2, 0) is 4.79 Å². The quantitative estimate of drug-likeness (QED) is 0.762. The molecular weight excluding hydrogens is 216 g/mol. The van der Waals surface area contributed by atoms with Crippen LogP contribution in [-0.4, -0.2) is 49.2 Å². The Balaban J connectivity index is 2.71. The summed E-state index contributed by atoms with van der Waals surface area (Å²) in [6.45, 7) is 6.15. The van der Waals surface area contributed by atoms with Crippen LogP contribution in [0.2, 0.25) is 0 Å². The van der Waals surface area contributed by atoms with E-state index in [1.54, 1.807) is 0 Å². The zero-order valence-corrected chi connectivity index (χ0v) is 11.4. The van der Waals surface area contributed by atoms with Gasteiger partial charge in [0.15, 0.2) is 0 Å². The maximum Gasteiger partial charge on any atom is 0.308 e. The normalized spacial score (nSPS) is 22.6. The summed E-state index contributed by atoms with van der Waals surface area (Å²) >= 11 is 0. The molecule has 1 rings (SSSR count). The van der Waals surface area contributed by atoms with Crippen molar-refractivity contribution < 1.29 is 9.90 Å². The van der Waals surface area contributed by atoms with Gasteiger partial charge in [-0.1, -0.05) is 13.8 Å². The second-order valence-corrected chi connectivity index (χ2v) is 5.56. The fourth-order valence-electron chi connectivity index (χ4n) is 2.95. The van der Waals surface area contributed by atoms with Crippen LogP contribution in [0.5, 0.6) is 0 Å². The van der Waals surface area contributed by atoms with E-state index in [9.17, 15) is 9.90 Å². The molecule has 0 radical (unpaired) electrons. The summed E-state index contributed by atoms with van der Waals surface area (Å²) < 4.78 is 0. The number of nitrogens with zero attached hydrogens (tertiary/aromatic N) is 1. The minimum atomic E-state index is -0.668. The van der Waals surface area contributed by atoms with Gasteiger partial charge in [-0.3, -0.25) is 4.79 Å². The van der Waals surface area contributed by atoms with Crippen LogP contribution in [0.1, 0.15) is 26.7 Å². The molecule has 0 aromatic heterocycles. The van der Waals surface area contributed by atoms with E-state index in [4.69, 9.17) is 0 Å². The highest BCUT2D eigenvalue weighted by Crippen LogP contribution is 2.28. The molecular formula is C13H26N2O2. The minimum absolute atomic E-state index is 0.0983. The van der Waals surface area contributed by atoms with E-state index in [-0.39, 0.29) is 17.9 Å². The minimum Gasteiger partial charge on any atom is -0.481 e. The van der Waals surface area contributed by atoms with Crippen molar-refractivity contribution in [3.8, 4) is 0 Å². The molecule has 0 bridgehead atoms. The van der Waals surface area contributed by atoms with E-state index in [2.05, 4.69) is 17.3 Å². The van der Waals surface area contributed by atoms with Crippen molar-refractivity contribution >= 4 is 5.97 Å². The SMILES string of the molecule is CNC(C1CCN(C)CC1)C(C(=O)O)C(C)C. The van der Waals surface area contributed by atoms with Gasteiger partial charge < -0.3 is 15.3 Å². The van der Waals surface area contributed by atoms with Gasteiger partial charge in [0.25, 0.3) is 0 Å². The van der Waals surface area contributed by atoms with Crippen molar-refractivity contribution in [2.45, 2.75) is 32.7 Å². The van der Waals surface area contributed by atoms with Crippen molar-refractivity contribution in [2.75, 3.05) is 27.2 Å². The van der Waals surface area contributed by atoms with Gasteiger partial charge in [0.05, 0.1) is 5.92 Å². The van der Waals surface area contributed by atoms with Crippen molar-refractivity contribution in [1.29, 1.82) is 0 Å². The molecule has 2 atom stereocenters. The Bertz CT molecular complexity index is 248. The summed E-state index contributed by atoms with van der Waals surface area (Å²) in [6, 6.07) is 0.0983. The molecule has 1 aliphatic heterocycles. The van der Waals surface area contributed by atoms with Crippen LogP contribution in [0.3, 0.4) is 0 Å². The number of aliphatic carboxylic acids is 1. The first kappa shape index (κ1) is 14.5. The van der Waals surface area contributed by atoms with Gasteiger partial charge in [-0.2, -0.15) is 0 Å². The van der Waals surface area contributed by atoms with E-state index in [0.717, 1.165) is 25.9 Å². The molecule has 1 saturated heterocycles. The lowest BCUT2D eigenvalue weighted by Gasteiger charge is -2.38. The van der Waals surface area contributed by atoms with Gasteiger partial charge >= 0.3 is 5.97 Å². The lowest BCUT2D eigenvalue weighted by atomic mass is 9.77. The molecule has 0 aliphatic carbocycles. The summed E-state index contributed by atoms with van der Waals surface area (Å²) in [6.07, 6.45) is 2.19. The predicted octanol–water partition coefficient (Wildman–Crippen LogP) is 1.27.